The second-order valence-electron chi connectivity index (χ2n) is 2.91. The van der Waals surface area contributed by atoms with Crippen molar-refractivity contribution >= 4 is 23.0 Å². The number of para-hydroxylation sites is 1. The Morgan fingerprint density at radius 1 is 1.36 bits per heavy atom. The van der Waals surface area contributed by atoms with Crippen molar-refractivity contribution in [2.24, 2.45) is 0 Å². The Labute approximate surface area is 87.3 Å². The fourth-order valence-electron chi connectivity index (χ4n) is 1.03. The highest BCUT2D eigenvalue weighted by Gasteiger charge is 2.08. The molecule has 0 aliphatic heterocycles. The third kappa shape index (κ3) is 2.51. The van der Waals surface area contributed by atoms with Crippen molar-refractivity contribution in [2.45, 2.75) is 6.04 Å². The molecule has 4 nitrogen and oxygen atoms in total. The van der Waals surface area contributed by atoms with Gasteiger partial charge in [-0.1, -0.05) is 17.7 Å². The Bertz CT molecular complexity index is 303. The first kappa shape index (κ1) is 11.1. The normalized spacial score (nSPS) is 10.6. The molecule has 78 valence electrons. The minimum Gasteiger partial charge on any atom is -0.396 e. The summed E-state index contributed by atoms with van der Waals surface area (Å²) in [5, 5.41) is 21.0. The number of aliphatic hydroxyl groups excluding tert-OH is 2. The van der Waals surface area contributed by atoms with E-state index in [9.17, 15) is 0 Å². The van der Waals surface area contributed by atoms with E-state index in [0.717, 1.165) is 0 Å². The van der Waals surface area contributed by atoms with Crippen LogP contribution in [0.4, 0.5) is 11.4 Å². The highest BCUT2D eigenvalue weighted by Crippen LogP contribution is 2.26. The van der Waals surface area contributed by atoms with Gasteiger partial charge in [0.1, 0.15) is 0 Å². The van der Waals surface area contributed by atoms with E-state index in [4.69, 9.17) is 27.5 Å². The highest BCUT2D eigenvalue weighted by molar-refractivity contribution is 6.33. The van der Waals surface area contributed by atoms with Crippen LogP contribution in [-0.4, -0.2) is 29.5 Å². The zero-order valence-corrected chi connectivity index (χ0v) is 8.33. The lowest BCUT2D eigenvalue weighted by atomic mass is 10.2. The second kappa shape index (κ2) is 5.05. The van der Waals surface area contributed by atoms with E-state index in [2.05, 4.69) is 5.32 Å². The van der Waals surface area contributed by atoms with Crippen LogP contribution in [0, 0.1) is 0 Å². The van der Waals surface area contributed by atoms with Gasteiger partial charge in [0.05, 0.1) is 35.7 Å². The first-order valence-corrected chi connectivity index (χ1v) is 4.59. The SMILES string of the molecule is Nc1c(Cl)cccc1NC(CO)CO. The molecule has 5 heteroatoms. The Kier molecular flexibility index (Phi) is 4.00. The molecule has 0 fully saturated rings. The number of nitrogen functional groups attached to an aromatic ring is 1. The van der Waals surface area contributed by atoms with Crippen molar-refractivity contribution in [1.29, 1.82) is 0 Å². The predicted molar refractivity (Wildman–Crippen MR) is 57.4 cm³/mol. The average Bonchev–Trinajstić information content (AvgIpc) is 2.20. The molecule has 0 aromatic heterocycles. The number of anilines is 2. The molecular formula is C9H13ClN2O2. The molecule has 1 aromatic rings. The number of rotatable bonds is 4. The molecule has 0 aliphatic carbocycles. The summed E-state index contributed by atoms with van der Waals surface area (Å²) in [5.41, 5.74) is 6.72. The highest BCUT2D eigenvalue weighted by atomic mass is 35.5. The lowest BCUT2D eigenvalue weighted by Gasteiger charge is -2.16. The summed E-state index contributed by atoms with van der Waals surface area (Å²) in [6, 6.07) is 4.73. The zero-order valence-electron chi connectivity index (χ0n) is 7.57. The van der Waals surface area contributed by atoms with E-state index in [-0.39, 0.29) is 13.2 Å². The van der Waals surface area contributed by atoms with Crippen molar-refractivity contribution < 1.29 is 10.2 Å². The fraction of sp³-hybridized carbons (Fsp3) is 0.333. The van der Waals surface area contributed by atoms with Crippen LogP contribution >= 0.6 is 11.6 Å². The summed E-state index contributed by atoms with van der Waals surface area (Å²) in [7, 11) is 0. The smallest absolute Gasteiger partial charge is 0.0739 e. The van der Waals surface area contributed by atoms with Crippen molar-refractivity contribution in [3.8, 4) is 0 Å². The van der Waals surface area contributed by atoms with Gasteiger partial charge >= 0.3 is 0 Å². The van der Waals surface area contributed by atoms with Crippen molar-refractivity contribution in [3.05, 3.63) is 23.2 Å². The van der Waals surface area contributed by atoms with Gasteiger partial charge in [0.15, 0.2) is 0 Å². The molecule has 0 aliphatic rings. The van der Waals surface area contributed by atoms with Crippen LogP contribution in [-0.2, 0) is 0 Å². The van der Waals surface area contributed by atoms with Gasteiger partial charge in [-0.25, -0.2) is 0 Å². The van der Waals surface area contributed by atoms with Gasteiger partial charge in [0.25, 0.3) is 0 Å². The van der Waals surface area contributed by atoms with Gasteiger partial charge in [-0.05, 0) is 12.1 Å². The van der Waals surface area contributed by atoms with Crippen molar-refractivity contribution in [1.82, 2.24) is 0 Å². The molecule has 0 unspecified atom stereocenters. The topological polar surface area (TPSA) is 78.5 Å². The molecule has 0 heterocycles. The number of aliphatic hydroxyl groups is 2. The van der Waals surface area contributed by atoms with Crippen LogP contribution in [0.25, 0.3) is 0 Å². The number of hydrogen-bond acceptors (Lipinski definition) is 4. The van der Waals surface area contributed by atoms with Crippen LogP contribution in [0.1, 0.15) is 0 Å². The van der Waals surface area contributed by atoms with E-state index in [1.54, 1.807) is 18.2 Å². The first-order valence-electron chi connectivity index (χ1n) is 4.21. The molecular weight excluding hydrogens is 204 g/mol. The third-order valence-electron chi connectivity index (χ3n) is 1.85. The molecule has 0 saturated carbocycles. The van der Waals surface area contributed by atoms with E-state index in [0.29, 0.717) is 16.4 Å². The Hall–Kier alpha value is -0.970. The minimum absolute atomic E-state index is 0.164. The summed E-state index contributed by atoms with van der Waals surface area (Å²) in [6.45, 7) is -0.328. The Balaban J connectivity index is 2.80. The van der Waals surface area contributed by atoms with E-state index < -0.39 is 6.04 Å². The van der Waals surface area contributed by atoms with Crippen LogP contribution in [0.15, 0.2) is 18.2 Å². The molecule has 1 rings (SSSR count). The predicted octanol–water partition coefficient (Wildman–Crippen LogP) is 0.687. The van der Waals surface area contributed by atoms with Gasteiger partial charge in [-0.15, -0.1) is 0 Å². The number of benzene rings is 1. The average molecular weight is 217 g/mol. The van der Waals surface area contributed by atoms with Crippen LogP contribution in [0.5, 0.6) is 0 Å². The maximum absolute atomic E-state index is 8.85. The van der Waals surface area contributed by atoms with Gasteiger partial charge in [0.2, 0.25) is 0 Å². The summed E-state index contributed by atoms with van der Waals surface area (Å²) in [6.07, 6.45) is 0. The zero-order chi connectivity index (χ0) is 10.6. The molecule has 0 atom stereocenters. The molecule has 0 bridgehead atoms. The van der Waals surface area contributed by atoms with Crippen molar-refractivity contribution in [2.75, 3.05) is 24.3 Å². The minimum atomic E-state index is -0.421. The molecule has 0 spiro atoms. The largest absolute Gasteiger partial charge is 0.396 e. The lowest BCUT2D eigenvalue weighted by Crippen LogP contribution is -2.28. The number of nitrogens with one attached hydrogen (secondary N) is 1. The maximum Gasteiger partial charge on any atom is 0.0739 e. The van der Waals surface area contributed by atoms with Gasteiger partial charge in [-0.2, -0.15) is 0 Å². The molecule has 0 radical (unpaired) electrons. The lowest BCUT2D eigenvalue weighted by molar-refractivity contribution is 0.204. The van der Waals surface area contributed by atoms with Crippen LogP contribution in [0.3, 0.4) is 0 Å². The fourth-order valence-corrected chi connectivity index (χ4v) is 1.21. The van der Waals surface area contributed by atoms with Gasteiger partial charge < -0.3 is 21.3 Å². The van der Waals surface area contributed by atoms with Crippen molar-refractivity contribution in [3.63, 3.8) is 0 Å². The molecule has 5 N–H and O–H groups in total. The van der Waals surface area contributed by atoms with Gasteiger partial charge in [-0.3, -0.25) is 0 Å². The van der Waals surface area contributed by atoms with E-state index in [1.807, 2.05) is 0 Å². The van der Waals surface area contributed by atoms with Crippen LogP contribution in [0.2, 0.25) is 5.02 Å². The Morgan fingerprint density at radius 3 is 2.57 bits per heavy atom. The molecule has 14 heavy (non-hydrogen) atoms. The molecule has 0 amide bonds. The molecule has 1 aromatic carbocycles. The van der Waals surface area contributed by atoms with Crippen LogP contribution < -0.4 is 11.1 Å². The Morgan fingerprint density at radius 2 is 2.00 bits per heavy atom. The quantitative estimate of drug-likeness (QED) is 0.559. The summed E-state index contributed by atoms with van der Waals surface area (Å²) in [4.78, 5) is 0. The number of halogens is 1. The van der Waals surface area contributed by atoms with E-state index in [1.165, 1.54) is 0 Å². The summed E-state index contributed by atoms with van der Waals surface area (Å²) < 4.78 is 0. The maximum atomic E-state index is 8.85. The third-order valence-corrected chi connectivity index (χ3v) is 2.18. The number of nitrogens with two attached hydrogens (primary N) is 1. The van der Waals surface area contributed by atoms with Gasteiger partial charge in [0, 0.05) is 0 Å². The molecule has 0 saturated heterocycles. The second-order valence-corrected chi connectivity index (χ2v) is 3.31. The monoisotopic (exact) mass is 216 g/mol. The summed E-state index contributed by atoms with van der Waals surface area (Å²) in [5.74, 6) is 0. The van der Waals surface area contributed by atoms with E-state index >= 15 is 0 Å². The summed E-state index contributed by atoms with van der Waals surface area (Å²) >= 11 is 5.79. The first-order chi connectivity index (χ1) is 6.69. The standard InChI is InChI=1S/C9H13ClN2O2/c10-7-2-1-3-8(9(7)11)12-6(4-13)5-14/h1-3,6,12-14H,4-5,11H2. The number of hydrogen-bond donors (Lipinski definition) is 4.